The largest absolute Gasteiger partial charge is 0.490 e. The molecular weight excluding hydrogens is 302 g/mol. The average molecular weight is 326 g/mol. The smallest absolute Gasteiger partial charge is 0.120 e. The number of hydrogen-bond donors (Lipinski definition) is 1. The summed E-state index contributed by atoms with van der Waals surface area (Å²) in [7, 11) is 0. The molecule has 0 spiro atoms. The molecule has 2 N–H and O–H groups in total. The summed E-state index contributed by atoms with van der Waals surface area (Å²) in [6.45, 7) is 4.27. The third-order valence-corrected chi connectivity index (χ3v) is 4.76. The fourth-order valence-electron chi connectivity index (χ4n) is 2.86. The van der Waals surface area contributed by atoms with Crippen molar-refractivity contribution in [3.8, 4) is 5.75 Å². The highest BCUT2D eigenvalue weighted by Crippen LogP contribution is 2.32. The van der Waals surface area contributed by atoms with Crippen molar-refractivity contribution in [3.63, 3.8) is 0 Å². The van der Waals surface area contributed by atoms with E-state index in [4.69, 9.17) is 10.5 Å². The summed E-state index contributed by atoms with van der Waals surface area (Å²) in [5.74, 6) is 1.79. The van der Waals surface area contributed by atoms with Crippen molar-refractivity contribution in [1.29, 1.82) is 0 Å². The monoisotopic (exact) mass is 325 g/mol. The zero-order valence-corrected chi connectivity index (χ0v) is 13.4. The van der Waals surface area contributed by atoms with Crippen LogP contribution in [0.15, 0.2) is 22.7 Å². The quantitative estimate of drug-likeness (QED) is 0.861. The molecular formula is C16H24BrNO. The van der Waals surface area contributed by atoms with E-state index in [1.165, 1.54) is 32.1 Å². The molecule has 2 nitrogen and oxygen atoms in total. The number of halogens is 1. The highest BCUT2D eigenvalue weighted by Gasteiger charge is 2.22. The highest BCUT2D eigenvalue weighted by molar-refractivity contribution is 9.10. The molecule has 1 aromatic rings. The lowest BCUT2D eigenvalue weighted by molar-refractivity contribution is 0.122. The summed E-state index contributed by atoms with van der Waals surface area (Å²) < 4.78 is 7.18. The molecule has 0 aliphatic heterocycles. The van der Waals surface area contributed by atoms with E-state index in [-0.39, 0.29) is 6.04 Å². The van der Waals surface area contributed by atoms with Gasteiger partial charge in [0.15, 0.2) is 0 Å². The Morgan fingerprint density at radius 2 is 2.21 bits per heavy atom. The lowest BCUT2D eigenvalue weighted by Crippen LogP contribution is -2.25. The molecule has 106 valence electrons. The number of rotatable bonds is 4. The first-order valence-corrected chi connectivity index (χ1v) is 8.11. The molecule has 3 heteroatoms. The second kappa shape index (κ2) is 6.76. The van der Waals surface area contributed by atoms with E-state index in [9.17, 15) is 0 Å². The maximum absolute atomic E-state index is 6.13. The normalized spacial score (nSPS) is 25.1. The Morgan fingerprint density at radius 1 is 1.42 bits per heavy atom. The Kier molecular flexibility index (Phi) is 5.28. The van der Waals surface area contributed by atoms with Crippen LogP contribution in [0.4, 0.5) is 0 Å². The Labute approximate surface area is 124 Å². The highest BCUT2D eigenvalue weighted by atomic mass is 79.9. The number of hydrogen-bond acceptors (Lipinski definition) is 2. The molecule has 1 aromatic carbocycles. The van der Waals surface area contributed by atoms with Gasteiger partial charge in [0.25, 0.3) is 0 Å². The minimum absolute atomic E-state index is 0.0441. The van der Waals surface area contributed by atoms with Crippen LogP contribution < -0.4 is 10.5 Å². The second-order valence-corrected chi connectivity index (χ2v) is 6.51. The van der Waals surface area contributed by atoms with Crippen molar-refractivity contribution in [2.24, 2.45) is 11.7 Å². The number of ether oxygens (including phenoxy) is 1. The van der Waals surface area contributed by atoms with Crippen molar-refractivity contribution >= 4 is 15.9 Å². The van der Waals surface area contributed by atoms with Crippen LogP contribution in [0.1, 0.15) is 57.6 Å². The molecule has 0 saturated heterocycles. The summed E-state index contributed by atoms with van der Waals surface area (Å²) in [6.07, 6.45) is 6.69. The molecule has 1 aliphatic carbocycles. The van der Waals surface area contributed by atoms with Crippen LogP contribution in [0.25, 0.3) is 0 Å². The van der Waals surface area contributed by atoms with Crippen molar-refractivity contribution in [2.75, 3.05) is 0 Å². The van der Waals surface area contributed by atoms with Gasteiger partial charge in [0.2, 0.25) is 0 Å². The maximum Gasteiger partial charge on any atom is 0.120 e. The first-order chi connectivity index (χ1) is 9.10. The van der Waals surface area contributed by atoms with Gasteiger partial charge in [0.05, 0.1) is 6.10 Å². The number of nitrogens with two attached hydrogens (primary N) is 1. The van der Waals surface area contributed by atoms with Crippen LogP contribution >= 0.6 is 15.9 Å². The fraction of sp³-hybridized carbons (Fsp3) is 0.625. The predicted molar refractivity (Wildman–Crippen MR) is 83.4 cm³/mol. The van der Waals surface area contributed by atoms with E-state index in [0.717, 1.165) is 21.7 Å². The first-order valence-electron chi connectivity index (χ1n) is 7.31. The van der Waals surface area contributed by atoms with Gasteiger partial charge in [0.1, 0.15) is 5.75 Å². The summed E-state index contributed by atoms with van der Waals surface area (Å²) in [6, 6.07) is 6.19. The lowest BCUT2D eigenvalue weighted by Gasteiger charge is -2.29. The minimum Gasteiger partial charge on any atom is -0.490 e. The van der Waals surface area contributed by atoms with Crippen molar-refractivity contribution in [2.45, 2.75) is 58.1 Å². The standard InChI is InChI=1S/C16H24BrNO/c1-3-12-5-4-6-13(9-12)19-14-7-8-15(11(2)18)16(17)10-14/h7-8,10-13H,3-6,9,18H2,1-2H3/t11-,12?,13?/m1/s1. The SMILES string of the molecule is CCC1CCCC(Oc2ccc([C@@H](C)N)c(Br)c2)C1. The van der Waals surface area contributed by atoms with Crippen LogP contribution in [0, 0.1) is 5.92 Å². The Morgan fingerprint density at radius 3 is 2.84 bits per heavy atom. The first kappa shape index (κ1) is 14.9. The van der Waals surface area contributed by atoms with Crippen LogP contribution in [0.5, 0.6) is 5.75 Å². The summed E-state index contributed by atoms with van der Waals surface area (Å²) in [5, 5.41) is 0. The Hall–Kier alpha value is -0.540. The molecule has 0 radical (unpaired) electrons. The summed E-state index contributed by atoms with van der Waals surface area (Å²) >= 11 is 3.58. The van der Waals surface area contributed by atoms with Gasteiger partial charge in [0, 0.05) is 10.5 Å². The van der Waals surface area contributed by atoms with Crippen molar-refractivity contribution in [1.82, 2.24) is 0 Å². The van der Waals surface area contributed by atoms with Gasteiger partial charge in [-0.25, -0.2) is 0 Å². The molecule has 1 fully saturated rings. The Balaban J connectivity index is 2.01. The zero-order chi connectivity index (χ0) is 13.8. The lowest BCUT2D eigenvalue weighted by atomic mass is 9.85. The van der Waals surface area contributed by atoms with E-state index >= 15 is 0 Å². The van der Waals surface area contributed by atoms with Gasteiger partial charge in [-0.1, -0.05) is 41.8 Å². The molecule has 0 heterocycles. The fourth-order valence-corrected chi connectivity index (χ4v) is 3.58. The van der Waals surface area contributed by atoms with Crippen LogP contribution in [-0.2, 0) is 0 Å². The summed E-state index contributed by atoms with van der Waals surface area (Å²) in [5.41, 5.74) is 7.04. The van der Waals surface area contributed by atoms with E-state index in [1.807, 2.05) is 19.1 Å². The molecule has 0 aromatic heterocycles. The molecule has 1 saturated carbocycles. The van der Waals surface area contributed by atoms with E-state index in [1.54, 1.807) is 0 Å². The van der Waals surface area contributed by atoms with E-state index in [2.05, 4.69) is 28.9 Å². The van der Waals surface area contributed by atoms with E-state index in [0.29, 0.717) is 6.10 Å². The second-order valence-electron chi connectivity index (χ2n) is 5.65. The van der Waals surface area contributed by atoms with Gasteiger partial charge in [-0.15, -0.1) is 0 Å². The zero-order valence-electron chi connectivity index (χ0n) is 11.9. The van der Waals surface area contributed by atoms with Gasteiger partial charge < -0.3 is 10.5 Å². The number of benzene rings is 1. The minimum atomic E-state index is 0.0441. The molecule has 2 unspecified atom stereocenters. The molecule has 0 amide bonds. The van der Waals surface area contributed by atoms with Gasteiger partial charge in [-0.3, -0.25) is 0 Å². The third-order valence-electron chi connectivity index (χ3n) is 4.08. The van der Waals surface area contributed by atoms with Gasteiger partial charge >= 0.3 is 0 Å². The molecule has 1 aliphatic rings. The summed E-state index contributed by atoms with van der Waals surface area (Å²) in [4.78, 5) is 0. The molecule has 19 heavy (non-hydrogen) atoms. The van der Waals surface area contributed by atoms with Crippen LogP contribution in [-0.4, -0.2) is 6.10 Å². The predicted octanol–water partition coefficient (Wildman–Crippen LogP) is 4.82. The average Bonchev–Trinajstić information content (AvgIpc) is 2.38. The molecule has 0 bridgehead atoms. The van der Waals surface area contributed by atoms with Gasteiger partial charge in [-0.2, -0.15) is 0 Å². The van der Waals surface area contributed by atoms with E-state index < -0.39 is 0 Å². The Bertz CT molecular complexity index is 419. The van der Waals surface area contributed by atoms with Crippen molar-refractivity contribution in [3.05, 3.63) is 28.2 Å². The molecule has 3 atom stereocenters. The maximum atomic E-state index is 6.13. The van der Waals surface area contributed by atoms with Crippen LogP contribution in [0.3, 0.4) is 0 Å². The third kappa shape index (κ3) is 3.96. The molecule has 2 rings (SSSR count). The van der Waals surface area contributed by atoms with Crippen LogP contribution in [0.2, 0.25) is 0 Å². The van der Waals surface area contributed by atoms with Crippen molar-refractivity contribution < 1.29 is 4.74 Å². The topological polar surface area (TPSA) is 35.2 Å². The van der Waals surface area contributed by atoms with Gasteiger partial charge in [-0.05, 0) is 49.8 Å².